The lowest BCUT2D eigenvalue weighted by atomic mass is 10.1. The molecule has 3 nitrogen and oxygen atoms in total. The number of hydrogen-bond acceptors (Lipinski definition) is 2. The van der Waals surface area contributed by atoms with Crippen LogP contribution >= 0.6 is 0 Å². The summed E-state index contributed by atoms with van der Waals surface area (Å²) in [6, 6.07) is 7.11. The molecule has 0 radical (unpaired) electrons. The molecule has 2 rings (SSSR count). The molecule has 0 spiro atoms. The highest BCUT2D eigenvalue weighted by molar-refractivity contribution is 6.21. The van der Waals surface area contributed by atoms with Crippen LogP contribution in [0, 0.1) is 0 Å². The number of nitrogens with zero attached hydrogens (tertiary/aromatic N) is 1. The van der Waals surface area contributed by atoms with E-state index in [1.54, 1.807) is 12.1 Å². The monoisotopic (exact) mass is 301 g/mol. The van der Waals surface area contributed by atoms with E-state index in [9.17, 15) is 9.59 Å². The Morgan fingerprint density at radius 2 is 1.18 bits per heavy atom. The molecule has 22 heavy (non-hydrogen) atoms. The van der Waals surface area contributed by atoms with Crippen molar-refractivity contribution in [2.45, 2.75) is 64.7 Å². The smallest absolute Gasteiger partial charge is 0.261 e. The standard InChI is InChI=1S/C19H27NO2/c1-2-3-4-5-6-7-8-9-12-15-20-18(21)16-13-10-11-14-17(16)19(20)22/h10-11,13-14H,2-9,12,15H2,1H3. The topological polar surface area (TPSA) is 37.4 Å². The van der Waals surface area contributed by atoms with E-state index in [0.717, 1.165) is 12.8 Å². The van der Waals surface area contributed by atoms with Gasteiger partial charge in [0, 0.05) is 6.54 Å². The van der Waals surface area contributed by atoms with Gasteiger partial charge in [-0.2, -0.15) is 0 Å². The SMILES string of the molecule is CCCCCCCCCCCN1C(=O)c2ccccc2C1=O. The van der Waals surface area contributed by atoms with E-state index in [0.29, 0.717) is 17.7 Å². The van der Waals surface area contributed by atoms with Crippen LogP contribution in [0.3, 0.4) is 0 Å². The van der Waals surface area contributed by atoms with Crippen molar-refractivity contribution in [2.75, 3.05) is 6.54 Å². The molecule has 0 saturated heterocycles. The molecule has 0 atom stereocenters. The number of rotatable bonds is 10. The van der Waals surface area contributed by atoms with Gasteiger partial charge in [0.25, 0.3) is 11.8 Å². The van der Waals surface area contributed by atoms with Crippen molar-refractivity contribution in [1.82, 2.24) is 4.90 Å². The van der Waals surface area contributed by atoms with E-state index in [4.69, 9.17) is 0 Å². The Hall–Kier alpha value is -1.64. The van der Waals surface area contributed by atoms with Crippen molar-refractivity contribution in [3.63, 3.8) is 0 Å². The average molecular weight is 301 g/mol. The maximum Gasteiger partial charge on any atom is 0.261 e. The molecule has 0 unspecified atom stereocenters. The Morgan fingerprint density at radius 1 is 0.727 bits per heavy atom. The fourth-order valence-electron chi connectivity index (χ4n) is 3.02. The lowest BCUT2D eigenvalue weighted by Gasteiger charge is -2.13. The van der Waals surface area contributed by atoms with E-state index in [1.807, 2.05) is 12.1 Å². The van der Waals surface area contributed by atoms with Gasteiger partial charge >= 0.3 is 0 Å². The summed E-state index contributed by atoms with van der Waals surface area (Å²) in [4.78, 5) is 25.8. The highest BCUT2D eigenvalue weighted by atomic mass is 16.2. The van der Waals surface area contributed by atoms with Crippen LogP contribution in [0.1, 0.15) is 85.4 Å². The number of carbonyl (C=O) groups excluding carboxylic acids is 2. The fourth-order valence-corrected chi connectivity index (χ4v) is 3.02. The number of fused-ring (bicyclic) bond motifs is 1. The summed E-state index contributed by atoms with van der Waals surface area (Å²) in [6.45, 7) is 2.79. The lowest BCUT2D eigenvalue weighted by molar-refractivity contribution is 0.0651. The average Bonchev–Trinajstić information content (AvgIpc) is 2.78. The molecule has 1 aliphatic heterocycles. The maximum atomic E-state index is 12.2. The first-order valence-electron chi connectivity index (χ1n) is 8.71. The second-order valence-electron chi connectivity index (χ2n) is 6.14. The van der Waals surface area contributed by atoms with Gasteiger partial charge < -0.3 is 0 Å². The first-order valence-corrected chi connectivity index (χ1v) is 8.71. The van der Waals surface area contributed by atoms with Gasteiger partial charge in [-0.25, -0.2) is 0 Å². The zero-order chi connectivity index (χ0) is 15.8. The third kappa shape index (κ3) is 4.19. The predicted octanol–water partition coefficient (Wildman–Crippen LogP) is 4.81. The van der Waals surface area contributed by atoms with E-state index in [-0.39, 0.29) is 11.8 Å². The molecule has 0 aliphatic carbocycles. The van der Waals surface area contributed by atoms with E-state index in [1.165, 1.54) is 49.8 Å². The minimum absolute atomic E-state index is 0.125. The Morgan fingerprint density at radius 3 is 1.68 bits per heavy atom. The van der Waals surface area contributed by atoms with Gasteiger partial charge in [-0.3, -0.25) is 14.5 Å². The number of hydrogen-bond donors (Lipinski definition) is 0. The van der Waals surface area contributed by atoms with Crippen LogP contribution in [0.4, 0.5) is 0 Å². The number of carbonyl (C=O) groups is 2. The maximum absolute atomic E-state index is 12.2. The van der Waals surface area contributed by atoms with Crippen LogP contribution in [0.15, 0.2) is 24.3 Å². The molecular weight excluding hydrogens is 274 g/mol. The molecule has 2 amide bonds. The summed E-state index contributed by atoms with van der Waals surface area (Å²) < 4.78 is 0. The van der Waals surface area contributed by atoms with Crippen molar-refractivity contribution >= 4 is 11.8 Å². The van der Waals surface area contributed by atoms with Gasteiger partial charge in [0.15, 0.2) is 0 Å². The van der Waals surface area contributed by atoms with Gasteiger partial charge in [0.2, 0.25) is 0 Å². The lowest BCUT2D eigenvalue weighted by Crippen LogP contribution is -2.30. The van der Waals surface area contributed by atoms with Crippen LogP contribution in [0.2, 0.25) is 0 Å². The normalized spacial score (nSPS) is 13.8. The van der Waals surface area contributed by atoms with Crippen LogP contribution in [0.25, 0.3) is 0 Å². The highest BCUT2D eigenvalue weighted by Gasteiger charge is 2.34. The Balaban J connectivity index is 1.63. The minimum atomic E-state index is -0.125. The molecule has 0 bridgehead atoms. The van der Waals surface area contributed by atoms with Crippen LogP contribution < -0.4 is 0 Å². The molecular formula is C19H27NO2. The Labute approximate surface area is 133 Å². The molecule has 1 aliphatic rings. The molecule has 3 heteroatoms. The second kappa shape index (κ2) is 8.72. The van der Waals surface area contributed by atoms with Crippen molar-refractivity contribution in [1.29, 1.82) is 0 Å². The molecule has 0 saturated carbocycles. The summed E-state index contributed by atoms with van der Waals surface area (Å²) in [5.41, 5.74) is 1.12. The summed E-state index contributed by atoms with van der Waals surface area (Å²) in [5.74, 6) is -0.250. The Bertz CT molecular complexity index is 475. The molecule has 1 heterocycles. The minimum Gasteiger partial charge on any atom is -0.274 e. The van der Waals surface area contributed by atoms with Gasteiger partial charge in [-0.15, -0.1) is 0 Å². The first-order chi connectivity index (χ1) is 10.8. The van der Waals surface area contributed by atoms with Crippen molar-refractivity contribution < 1.29 is 9.59 Å². The quantitative estimate of drug-likeness (QED) is 0.459. The summed E-state index contributed by atoms with van der Waals surface area (Å²) >= 11 is 0. The molecule has 1 aromatic rings. The van der Waals surface area contributed by atoms with Crippen molar-refractivity contribution in [3.8, 4) is 0 Å². The molecule has 0 N–H and O–H groups in total. The van der Waals surface area contributed by atoms with Gasteiger partial charge in [0.05, 0.1) is 11.1 Å². The van der Waals surface area contributed by atoms with E-state index >= 15 is 0 Å². The van der Waals surface area contributed by atoms with Gasteiger partial charge in [-0.1, -0.05) is 70.4 Å². The number of amides is 2. The Kier molecular flexibility index (Phi) is 6.63. The fraction of sp³-hybridized carbons (Fsp3) is 0.579. The molecule has 0 fully saturated rings. The number of benzene rings is 1. The molecule has 120 valence electrons. The predicted molar refractivity (Wildman–Crippen MR) is 89.0 cm³/mol. The van der Waals surface area contributed by atoms with Crippen LogP contribution in [-0.4, -0.2) is 23.3 Å². The zero-order valence-corrected chi connectivity index (χ0v) is 13.6. The molecule has 0 aromatic heterocycles. The summed E-state index contributed by atoms with van der Waals surface area (Å²) in [7, 11) is 0. The largest absolute Gasteiger partial charge is 0.274 e. The van der Waals surface area contributed by atoms with Crippen LogP contribution in [-0.2, 0) is 0 Å². The highest BCUT2D eigenvalue weighted by Crippen LogP contribution is 2.22. The third-order valence-corrected chi connectivity index (χ3v) is 4.36. The van der Waals surface area contributed by atoms with Gasteiger partial charge in [0.1, 0.15) is 0 Å². The second-order valence-corrected chi connectivity index (χ2v) is 6.14. The number of imide groups is 1. The van der Waals surface area contributed by atoms with Crippen molar-refractivity contribution in [3.05, 3.63) is 35.4 Å². The van der Waals surface area contributed by atoms with E-state index < -0.39 is 0 Å². The van der Waals surface area contributed by atoms with Crippen molar-refractivity contribution in [2.24, 2.45) is 0 Å². The number of unbranched alkanes of at least 4 members (excludes halogenated alkanes) is 8. The summed E-state index contributed by atoms with van der Waals surface area (Å²) in [5, 5.41) is 0. The summed E-state index contributed by atoms with van der Waals surface area (Å²) in [6.07, 6.45) is 11.1. The third-order valence-electron chi connectivity index (χ3n) is 4.36. The van der Waals surface area contributed by atoms with Crippen LogP contribution in [0.5, 0.6) is 0 Å². The van der Waals surface area contributed by atoms with E-state index in [2.05, 4.69) is 6.92 Å². The van der Waals surface area contributed by atoms with Gasteiger partial charge in [-0.05, 0) is 18.6 Å². The first kappa shape index (κ1) is 16.7. The molecule has 1 aromatic carbocycles. The zero-order valence-electron chi connectivity index (χ0n) is 13.6.